The molecule has 0 N–H and O–H groups in total. The lowest BCUT2D eigenvalue weighted by Crippen LogP contribution is -2.42. The van der Waals surface area contributed by atoms with Crippen LogP contribution in [0.5, 0.6) is 11.5 Å². The first kappa shape index (κ1) is 14.2. The summed E-state index contributed by atoms with van der Waals surface area (Å²) in [7, 11) is 1.68. The Morgan fingerprint density at radius 2 is 1.74 bits per heavy atom. The standard InChI is InChI=1S/C16H25NO2/c1-13-8-10-17(11-9-13)14(2)12-19-16-6-4-15(18-3)5-7-16/h4-7,13-14H,8-12H2,1-3H3/t14-/m1/s1. The van der Waals surface area contributed by atoms with E-state index in [-0.39, 0.29) is 0 Å². The van der Waals surface area contributed by atoms with E-state index < -0.39 is 0 Å². The zero-order valence-corrected chi connectivity index (χ0v) is 12.3. The zero-order chi connectivity index (χ0) is 13.7. The van der Waals surface area contributed by atoms with Crippen LogP contribution in [0.25, 0.3) is 0 Å². The van der Waals surface area contributed by atoms with Gasteiger partial charge < -0.3 is 9.47 Å². The summed E-state index contributed by atoms with van der Waals surface area (Å²) in [6.07, 6.45) is 2.62. The molecule has 0 bridgehead atoms. The number of methoxy groups -OCH3 is 1. The van der Waals surface area contributed by atoms with Crippen LogP contribution >= 0.6 is 0 Å². The quantitative estimate of drug-likeness (QED) is 0.814. The molecular weight excluding hydrogens is 238 g/mol. The van der Waals surface area contributed by atoms with Gasteiger partial charge in [0, 0.05) is 6.04 Å². The molecule has 0 spiro atoms. The van der Waals surface area contributed by atoms with E-state index in [0.717, 1.165) is 24.0 Å². The van der Waals surface area contributed by atoms with Gasteiger partial charge in [0.05, 0.1) is 7.11 Å². The maximum Gasteiger partial charge on any atom is 0.119 e. The van der Waals surface area contributed by atoms with Crippen molar-refractivity contribution >= 4 is 0 Å². The van der Waals surface area contributed by atoms with Crippen LogP contribution in [-0.4, -0.2) is 37.7 Å². The summed E-state index contributed by atoms with van der Waals surface area (Å²) in [5.41, 5.74) is 0. The Kier molecular flexibility index (Phi) is 5.08. The van der Waals surface area contributed by atoms with Crippen LogP contribution in [0.1, 0.15) is 26.7 Å². The predicted octanol–water partition coefficient (Wildman–Crippen LogP) is 3.19. The summed E-state index contributed by atoms with van der Waals surface area (Å²) >= 11 is 0. The van der Waals surface area contributed by atoms with Crippen molar-refractivity contribution in [2.75, 3.05) is 26.8 Å². The lowest BCUT2D eigenvalue weighted by Gasteiger charge is -2.34. The van der Waals surface area contributed by atoms with Crippen molar-refractivity contribution in [3.05, 3.63) is 24.3 Å². The molecule has 3 heteroatoms. The molecule has 19 heavy (non-hydrogen) atoms. The van der Waals surface area contributed by atoms with Crippen molar-refractivity contribution in [2.45, 2.75) is 32.7 Å². The Morgan fingerprint density at radius 3 is 2.32 bits per heavy atom. The van der Waals surface area contributed by atoms with Crippen LogP contribution in [0.3, 0.4) is 0 Å². The van der Waals surface area contributed by atoms with E-state index in [9.17, 15) is 0 Å². The molecule has 1 atom stereocenters. The van der Waals surface area contributed by atoms with Crippen LogP contribution in [0, 0.1) is 5.92 Å². The molecule has 1 saturated heterocycles. The van der Waals surface area contributed by atoms with Crippen LogP contribution in [0.15, 0.2) is 24.3 Å². The lowest BCUT2D eigenvalue weighted by molar-refractivity contribution is 0.108. The third kappa shape index (κ3) is 4.13. The number of rotatable bonds is 5. The van der Waals surface area contributed by atoms with Crippen LogP contribution in [0.2, 0.25) is 0 Å². The van der Waals surface area contributed by atoms with Gasteiger partial charge in [-0.2, -0.15) is 0 Å². The summed E-state index contributed by atoms with van der Waals surface area (Å²) in [6.45, 7) is 7.75. The number of nitrogens with zero attached hydrogens (tertiary/aromatic N) is 1. The van der Waals surface area contributed by atoms with E-state index in [0.29, 0.717) is 6.04 Å². The Hall–Kier alpha value is -1.22. The fourth-order valence-corrected chi connectivity index (χ4v) is 2.46. The fraction of sp³-hybridized carbons (Fsp3) is 0.625. The topological polar surface area (TPSA) is 21.7 Å². The lowest BCUT2D eigenvalue weighted by atomic mass is 9.98. The van der Waals surface area contributed by atoms with Crippen molar-refractivity contribution in [1.29, 1.82) is 0 Å². The number of hydrogen-bond acceptors (Lipinski definition) is 3. The Bertz CT molecular complexity index is 369. The molecule has 1 heterocycles. The Morgan fingerprint density at radius 1 is 1.16 bits per heavy atom. The minimum absolute atomic E-state index is 0.481. The third-order valence-electron chi connectivity index (χ3n) is 3.99. The first-order chi connectivity index (χ1) is 9.19. The SMILES string of the molecule is COc1ccc(OC[C@@H](C)N2CCC(C)CC2)cc1. The molecule has 0 aliphatic carbocycles. The number of piperidine rings is 1. The van der Waals surface area contributed by atoms with Gasteiger partial charge in [-0.1, -0.05) is 6.92 Å². The summed E-state index contributed by atoms with van der Waals surface area (Å²) in [5.74, 6) is 2.66. The maximum atomic E-state index is 5.85. The van der Waals surface area contributed by atoms with Gasteiger partial charge >= 0.3 is 0 Å². The molecule has 1 aromatic rings. The first-order valence-electron chi connectivity index (χ1n) is 7.20. The highest BCUT2D eigenvalue weighted by Gasteiger charge is 2.20. The molecule has 1 aromatic carbocycles. The van der Waals surface area contributed by atoms with Gasteiger partial charge in [0.2, 0.25) is 0 Å². The van der Waals surface area contributed by atoms with Crippen LogP contribution in [0.4, 0.5) is 0 Å². The molecule has 2 rings (SSSR count). The smallest absolute Gasteiger partial charge is 0.119 e. The highest BCUT2D eigenvalue weighted by molar-refractivity contribution is 5.31. The van der Waals surface area contributed by atoms with Gasteiger partial charge in [0.1, 0.15) is 18.1 Å². The molecule has 0 amide bonds. The first-order valence-corrected chi connectivity index (χ1v) is 7.20. The minimum atomic E-state index is 0.481. The maximum absolute atomic E-state index is 5.85. The van der Waals surface area contributed by atoms with Gasteiger partial charge in [0.25, 0.3) is 0 Å². The van der Waals surface area contributed by atoms with Crippen molar-refractivity contribution in [3.63, 3.8) is 0 Å². The number of likely N-dealkylation sites (tertiary alicyclic amines) is 1. The van der Waals surface area contributed by atoms with E-state index in [1.807, 2.05) is 24.3 Å². The van der Waals surface area contributed by atoms with E-state index in [2.05, 4.69) is 18.7 Å². The molecule has 1 aliphatic heterocycles. The number of hydrogen-bond donors (Lipinski definition) is 0. The molecule has 0 saturated carbocycles. The average molecular weight is 263 g/mol. The normalized spacial score (nSPS) is 19.1. The Balaban J connectivity index is 1.77. The molecule has 1 fully saturated rings. The molecule has 1 aliphatic rings. The summed E-state index contributed by atoms with van der Waals surface area (Å²) < 4.78 is 11.0. The Labute approximate surface area is 116 Å². The summed E-state index contributed by atoms with van der Waals surface area (Å²) in [4.78, 5) is 2.53. The molecule has 0 radical (unpaired) electrons. The molecule has 3 nitrogen and oxygen atoms in total. The number of ether oxygens (including phenoxy) is 2. The van der Waals surface area contributed by atoms with E-state index >= 15 is 0 Å². The highest BCUT2D eigenvalue weighted by Crippen LogP contribution is 2.20. The van der Waals surface area contributed by atoms with Gasteiger partial charge in [-0.3, -0.25) is 4.90 Å². The predicted molar refractivity (Wildman–Crippen MR) is 77.9 cm³/mol. The van der Waals surface area contributed by atoms with E-state index in [4.69, 9.17) is 9.47 Å². The van der Waals surface area contributed by atoms with Crippen molar-refractivity contribution in [2.24, 2.45) is 5.92 Å². The third-order valence-corrected chi connectivity index (χ3v) is 3.99. The molecular formula is C16H25NO2. The van der Waals surface area contributed by atoms with Gasteiger partial charge in [0.15, 0.2) is 0 Å². The molecule has 0 unspecified atom stereocenters. The van der Waals surface area contributed by atoms with Gasteiger partial charge in [-0.05, 0) is 63.0 Å². The van der Waals surface area contributed by atoms with Gasteiger partial charge in [-0.15, -0.1) is 0 Å². The largest absolute Gasteiger partial charge is 0.497 e. The van der Waals surface area contributed by atoms with E-state index in [1.54, 1.807) is 7.11 Å². The monoisotopic (exact) mass is 263 g/mol. The van der Waals surface area contributed by atoms with E-state index in [1.165, 1.54) is 25.9 Å². The molecule has 106 valence electrons. The number of benzene rings is 1. The zero-order valence-electron chi connectivity index (χ0n) is 12.3. The minimum Gasteiger partial charge on any atom is -0.497 e. The van der Waals surface area contributed by atoms with Crippen molar-refractivity contribution in [3.8, 4) is 11.5 Å². The van der Waals surface area contributed by atoms with Crippen LogP contribution in [-0.2, 0) is 0 Å². The van der Waals surface area contributed by atoms with Crippen LogP contribution < -0.4 is 9.47 Å². The second-order valence-electron chi connectivity index (χ2n) is 5.55. The second-order valence-corrected chi connectivity index (χ2v) is 5.55. The average Bonchev–Trinajstić information content (AvgIpc) is 2.46. The highest BCUT2D eigenvalue weighted by atomic mass is 16.5. The molecule has 0 aromatic heterocycles. The fourth-order valence-electron chi connectivity index (χ4n) is 2.46. The van der Waals surface area contributed by atoms with Crippen molar-refractivity contribution < 1.29 is 9.47 Å². The summed E-state index contributed by atoms with van der Waals surface area (Å²) in [5, 5.41) is 0. The van der Waals surface area contributed by atoms with Gasteiger partial charge in [-0.25, -0.2) is 0 Å². The second kappa shape index (κ2) is 6.80. The van der Waals surface area contributed by atoms with Crippen molar-refractivity contribution in [1.82, 2.24) is 4.90 Å². The summed E-state index contributed by atoms with van der Waals surface area (Å²) in [6, 6.07) is 8.27.